The van der Waals surface area contributed by atoms with Gasteiger partial charge in [-0.25, -0.2) is 4.99 Å². The number of aromatic nitrogens is 1. The molecule has 3 heteroatoms. The zero-order valence-electron chi connectivity index (χ0n) is 11.0. The van der Waals surface area contributed by atoms with E-state index in [0.29, 0.717) is 5.92 Å². The van der Waals surface area contributed by atoms with Crippen LogP contribution in [0.25, 0.3) is 10.9 Å². The number of amidine groups is 1. The van der Waals surface area contributed by atoms with Crippen LogP contribution in [0.2, 0.25) is 0 Å². The number of para-hydroxylation sites is 1. The predicted octanol–water partition coefficient (Wildman–Crippen LogP) is 3.80. The van der Waals surface area contributed by atoms with Crippen LogP contribution in [0.3, 0.4) is 0 Å². The van der Waals surface area contributed by atoms with E-state index in [9.17, 15) is 0 Å². The average molecular weight is 253 g/mol. The molecule has 1 aliphatic rings. The Kier molecular flexibility index (Phi) is 3.45. The molecule has 1 heterocycles. The summed E-state index contributed by atoms with van der Waals surface area (Å²) in [7, 11) is 0. The second-order valence-electron chi connectivity index (χ2n) is 5.26. The molecule has 0 aliphatic heterocycles. The largest absolute Gasteiger partial charge is 0.387 e. The van der Waals surface area contributed by atoms with Crippen LogP contribution in [0, 0.1) is 5.92 Å². The van der Waals surface area contributed by atoms with Crippen LogP contribution in [0.5, 0.6) is 0 Å². The Balaban J connectivity index is 1.86. The highest BCUT2D eigenvalue weighted by molar-refractivity contribution is 5.87. The van der Waals surface area contributed by atoms with Gasteiger partial charge in [0, 0.05) is 11.3 Å². The number of rotatable bonds is 2. The highest BCUT2D eigenvalue weighted by Crippen LogP contribution is 2.25. The molecule has 0 unspecified atom stereocenters. The van der Waals surface area contributed by atoms with E-state index in [1.165, 1.54) is 32.1 Å². The van der Waals surface area contributed by atoms with E-state index < -0.39 is 0 Å². The molecule has 1 aromatic carbocycles. The van der Waals surface area contributed by atoms with Gasteiger partial charge in [0.25, 0.3) is 0 Å². The van der Waals surface area contributed by atoms with E-state index in [0.717, 1.165) is 22.4 Å². The summed E-state index contributed by atoms with van der Waals surface area (Å²) >= 11 is 0. The molecule has 0 spiro atoms. The van der Waals surface area contributed by atoms with Crippen molar-refractivity contribution in [1.29, 1.82) is 0 Å². The van der Waals surface area contributed by atoms with Crippen LogP contribution in [0.15, 0.2) is 41.5 Å². The van der Waals surface area contributed by atoms with Crippen LogP contribution < -0.4 is 5.73 Å². The Labute approximate surface area is 113 Å². The number of nitrogens with two attached hydrogens (primary N) is 1. The number of aliphatic imine (C=N–C) groups is 1. The molecule has 1 aliphatic carbocycles. The molecule has 0 radical (unpaired) electrons. The maximum absolute atomic E-state index is 6.15. The molecular weight excluding hydrogens is 234 g/mol. The molecular formula is C16H19N3. The molecule has 98 valence electrons. The molecule has 1 saturated carbocycles. The summed E-state index contributed by atoms with van der Waals surface area (Å²) in [6.45, 7) is 0. The molecule has 2 N–H and O–H groups in total. The van der Waals surface area contributed by atoms with E-state index in [2.05, 4.69) is 22.1 Å². The third-order valence-corrected chi connectivity index (χ3v) is 3.86. The molecule has 1 aromatic heterocycles. The lowest BCUT2D eigenvalue weighted by Gasteiger charge is -2.20. The molecule has 1 fully saturated rings. The van der Waals surface area contributed by atoms with Crippen molar-refractivity contribution >= 4 is 22.4 Å². The van der Waals surface area contributed by atoms with Crippen molar-refractivity contribution in [3.8, 4) is 0 Å². The second-order valence-corrected chi connectivity index (χ2v) is 5.26. The Bertz CT molecular complexity index is 598. The number of benzene rings is 1. The zero-order chi connectivity index (χ0) is 13.1. The average Bonchev–Trinajstić information content (AvgIpc) is 2.48. The van der Waals surface area contributed by atoms with E-state index in [4.69, 9.17) is 5.73 Å². The van der Waals surface area contributed by atoms with E-state index in [1.54, 1.807) is 6.20 Å². The summed E-state index contributed by atoms with van der Waals surface area (Å²) in [4.78, 5) is 8.98. The molecule has 0 saturated heterocycles. The number of hydrogen-bond donors (Lipinski definition) is 1. The topological polar surface area (TPSA) is 51.3 Å². The molecule has 19 heavy (non-hydrogen) atoms. The van der Waals surface area contributed by atoms with Crippen LogP contribution in [0.4, 0.5) is 5.69 Å². The number of nitrogens with zero attached hydrogens (tertiary/aromatic N) is 2. The predicted molar refractivity (Wildman–Crippen MR) is 79.6 cm³/mol. The third-order valence-electron chi connectivity index (χ3n) is 3.86. The van der Waals surface area contributed by atoms with Gasteiger partial charge in [0.1, 0.15) is 5.84 Å². The molecule has 0 atom stereocenters. The lowest BCUT2D eigenvalue weighted by molar-refractivity contribution is 0.437. The van der Waals surface area contributed by atoms with Gasteiger partial charge in [0.15, 0.2) is 0 Å². The van der Waals surface area contributed by atoms with Crippen molar-refractivity contribution in [2.75, 3.05) is 0 Å². The maximum Gasteiger partial charge on any atom is 0.103 e. The summed E-state index contributed by atoms with van der Waals surface area (Å²) in [5, 5.41) is 1.11. The highest BCUT2D eigenvalue weighted by Gasteiger charge is 2.16. The second kappa shape index (κ2) is 5.39. The maximum atomic E-state index is 6.15. The Morgan fingerprint density at radius 2 is 1.95 bits per heavy atom. The van der Waals surface area contributed by atoms with Gasteiger partial charge in [0.05, 0.1) is 17.4 Å². The number of hydrogen-bond acceptors (Lipinski definition) is 2. The standard InChI is InChI=1S/C16H19N3/c17-16(12-6-2-1-3-7-12)19-14-10-13-8-4-5-9-15(13)18-11-14/h4-5,8-12H,1-3,6-7H2,(H2,17,19). The quantitative estimate of drug-likeness (QED) is 0.653. The summed E-state index contributed by atoms with van der Waals surface area (Å²) < 4.78 is 0. The summed E-state index contributed by atoms with van der Waals surface area (Å²) in [6.07, 6.45) is 8.04. The first-order valence-corrected chi connectivity index (χ1v) is 7.02. The Hall–Kier alpha value is -1.90. The minimum Gasteiger partial charge on any atom is -0.387 e. The van der Waals surface area contributed by atoms with Crippen LogP contribution >= 0.6 is 0 Å². The van der Waals surface area contributed by atoms with Gasteiger partial charge in [-0.2, -0.15) is 0 Å². The fraction of sp³-hybridized carbons (Fsp3) is 0.375. The van der Waals surface area contributed by atoms with Crippen molar-refractivity contribution in [2.45, 2.75) is 32.1 Å². The fourth-order valence-corrected chi connectivity index (χ4v) is 2.76. The van der Waals surface area contributed by atoms with E-state index in [1.807, 2.05) is 18.2 Å². The molecule has 3 nitrogen and oxygen atoms in total. The van der Waals surface area contributed by atoms with Gasteiger partial charge < -0.3 is 5.73 Å². The summed E-state index contributed by atoms with van der Waals surface area (Å²) in [5.74, 6) is 1.23. The minimum absolute atomic E-state index is 0.459. The smallest absolute Gasteiger partial charge is 0.103 e. The first-order valence-electron chi connectivity index (χ1n) is 7.02. The van der Waals surface area contributed by atoms with Gasteiger partial charge in [-0.1, -0.05) is 37.5 Å². The van der Waals surface area contributed by atoms with Crippen LogP contribution in [0.1, 0.15) is 32.1 Å². The summed E-state index contributed by atoms with van der Waals surface area (Å²) in [5.41, 5.74) is 8.01. The lowest BCUT2D eigenvalue weighted by atomic mass is 9.88. The SMILES string of the molecule is NC(=Nc1cnc2ccccc2c1)C1CCCCC1. The van der Waals surface area contributed by atoms with Crippen molar-refractivity contribution < 1.29 is 0 Å². The molecule has 0 amide bonds. The van der Waals surface area contributed by atoms with Crippen molar-refractivity contribution in [3.63, 3.8) is 0 Å². The minimum atomic E-state index is 0.459. The van der Waals surface area contributed by atoms with Crippen molar-refractivity contribution in [2.24, 2.45) is 16.6 Å². The zero-order valence-corrected chi connectivity index (χ0v) is 11.0. The Morgan fingerprint density at radius 3 is 2.79 bits per heavy atom. The lowest BCUT2D eigenvalue weighted by Crippen LogP contribution is -2.25. The van der Waals surface area contributed by atoms with E-state index in [-0.39, 0.29) is 0 Å². The van der Waals surface area contributed by atoms with Gasteiger partial charge in [-0.05, 0) is 25.0 Å². The normalized spacial score (nSPS) is 17.8. The van der Waals surface area contributed by atoms with Crippen molar-refractivity contribution in [3.05, 3.63) is 36.5 Å². The van der Waals surface area contributed by atoms with Gasteiger partial charge in [-0.3, -0.25) is 4.98 Å². The monoisotopic (exact) mass is 253 g/mol. The number of pyridine rings is 1. The fourth-order valence-electron chi connectivity index (χ4n) is 2.76. The van der Waals surface area contributed by atoms with Gasteiger partial charge in [-0.15, -0.1) is 0 Å². The molecule has 2 aromatic rings. The van der Waals surface area contributed by atoms with Crippen LogP contribution in [-0.2, 0) is 0 Å². The first kappa shape index (κ1) is 12.2. The number of fused-ring (bicyclic) bond motifs is 1. The van der Waals surface area contributed by atoms with Crippen molar-refractivity contribution in [1.82, 2.24) is 4.98 Å². The highest BCUT2D eigenvalue weighted by atomic mass is 14.9. The Morgan fingerprint density at radius 1 is 1.16 bits per heavy atom. The summed E-state index contributed by atoms with van der Waals surface area (Å²) in [6, 6.07) is 10.1. The van der Waals surface area contributed by atoms with Gasteiger partial charge in [0.2, 0.25) is 0 Å². The molecule has 0 bridgehead atoms. The van der Waals surface area contributed by atoms with Crippen LogP contribution in [-0.4, -0.2) is 10.8 Å². The van der Waals surface area contributed by atoms with E-state index >= 15 is 0 Å². The van der Waals surface area contributed by atoms with Gasteiger partial charge >= 0.3 is 0 Å². The third kappa shape index (κ3) is 2.75. The first-order chi connectivity index (χ1) is 9.33. The molecule has 3 rings (SSSR count).